The van der Waals surface area contributed by atoms with Crippen molar-refractivity contribution in [3.8, 4) is 0 Å². The minimum Gasteiger partial charge on any atom is -0.381 e. The smallest absolute Gasteiger partial charge is 0.148 e. The summed E-state index contributed by atoms with van der Waals surface area (Å²) in [5.41, 5.74) is 0. The number of Topliss-reactive ketones (excluding diaryl/α,β-unsaturated/α-hetero) is 1. The van der Waals surface area contributed by atoms with E-state index in [1.54, 1.807) is 0 Å². The number of alkyl halides is 1. The first-order chi connectivity index (χ1) is 4.30. The third-order valence-electron chi connectivity index (χ3n) is 1.36. The largest absolute Gasteiger partial charge is 0.381 e. The van der Waals surface area contributed by atoms with E-state index in [-0.39, 0.29) is 10.6 Å². The Morgan fingerprint density at radius 1 is 1.56 bits per heavy atom. The SMILES string of the molecule is O=C1CCOCCC1Br. The molecule has 1 atom stereocenters. The fourth-order valence-electron chi connectivity index (χ4n) is 0.779. The Labute approximate surface area is 62.7 Å². The van der Waals surface area contributed by atoms with Gasteiger partial charge in [0.15, 0.2) is 0 Å². The van der Waals surface area contributed by atoms with E-state index in [0.29, 0.717) is 19.6 Å². The van der Waals surface area contributed by atoms with Crippen LogP contribution in [0.3, 0.4) is 0 Å². The van der Waals surface area contributed by atoms with Gasteiger partial charge in [-0.3, -0.25) is 4.79 Å². The lowest BCUT2D eigenvalue weighted by Gasteiger charge is -1.98. The van der Waals surface area contributed by atoms with Crippen molar-refractivity contribution in [2.75, 3.05) is 13.2 Å². The molecule has 1 saturated heterocycles. The van der Waals surface area contributed by atoms with Crippen molar-refractivity contribution in [3.05, 3.63) is 0 Å². The molecular formula is C6H9BrO2. The molecule has 1 unspecified atom stereocenters. The zero-order valence-electron chi connectivity index (χ0n) is 5.10. The molecule has 1 heterocycles. The van der Waals surface area contributed by atoms with E-state index >= 15 is 0 Å². The van der Waals surface area contributed by atoms with Crippen molar-refractivity contribution in [2.24, 2.45) is 0 Å². The maximum Gasteiger partial charge on any atom is 0.148 e. The Hall–Kier alpha value is 0.110. The summed E-state index contributed by atoms with van der Waals surface area (Å²) in [4.78, 5) is 10.9. The highest BCUT2D eigenvalue weighted by Crippen LogP contribution is 2.12. The van der Waals surface area contributed by atoms with Crippen LogP contribution in [-0.4, -0.2) is 23.8 Å². The summed E-state index contributed by atoms with van der Waals surface area (Å²) in [7, 11) is 0. The van der Waals surface area contributed by atoms with E-state index in [2.05, 4.69) is 15.9 Å². The van der Waals surface area contributed by atoms with Crippen LogP contribution in [0.4, 0.5) is 0 Å². The first kappa shape index (κ1) is 7.22. The van der Waals surface area contributed by atoms with E-state index in [1.807, 2.05) is 0 Å². The lowest BCUT2D eigenvalue weighted by Crippen LogP contribution is -2.11. The summed E-state index contributed by atoms with van der Waals surface area (Å²) in [5, 5.41) is 0. The van der Waals surface area contributed by atoms with Gasteiger partial charge in [-0.2, -0.15) is 0 Å². The first-order valence-electron chi connectivity index (χ1n) is 3.05. The standard InChI is InChI=1S/C6H9BrO2/c7-5-1-3-9-4-2-6(5)8/h5H,1-4H2. The van der Waals surface area contributed by atoms with Gasteiger partial charge in [-0.1, -0.05) is 15.9 Å². The fourth-order valence-corrected chi connectivity index (χ4v) is 1.20. The van der Waals surface area contributed by atoms with Gasteiger partial charge in [-0.05, 0) is 6.42 Å². The molecule has 52 valence electrons. The van der Waals surface area contributed by atoms with Crippen LogP contribution < -0.4 is 0 Å². The lowest BCUT2D eigenvalue weighted by atomic mass is 10.2. The zero-order valence-corrected chi connectivity index (χ0v) is 6.69. The molecule has 1 rings (SSSR count). The Bertz CT molecular complexity index is 114. The summed E-state index contributed by atoms with van der Waals surface area (Å²) >= 11 is 3.27. The van der Waals surface area contributed by atoms with Crippen LogP contribution in [-0.2, 0) is 9.53 Å². The van der Waals surface area contributed by atoms with Gasteiger partial charge < -0.3 is 4.74 Å². The van der Waals surface area contributed by atoms with Crippen molar-refractivity contribution in [1.29, 1.82) is 0 Å². The highest BCUT2D eigenvalue weighted by molar-refractivity contribution is 9.10. The molecule has 0 saturated carbocycles. The van der Waals surface area contributed by atoms with Crippen LogP contribution in [0.25, 0.3) is 0 Å². The monoisotopic (exact) mass is 192 g/mol. The number of hydrogen-bond acceptors (Lipinski definition) is 2. The molecule has 0 N–H and O–H groups in total. The van der Waals surface area contributed by atoms with Crippen molar-refractivity contribution in [3.63, 3.8) is 0 Å². The number of carbonyl (C=O) groups excluding carboxylic acids is 1. The van der Waals surface area contributed by atoms with Crippen molar-refractivity contribution in [2.45, 2.75) is 17.7 Å². The zero-order chi connectivity index (χ0) is 6.69. The second-order valence-corrected chi connectivity index (χ2v) is 3.19. The molecule has 0 aromatic heterocycles. The molecule has 0 bridgehead atoms. The Balaban J connectivity index is 2.41. The van der Waals surface area contributed by atoms with E-state index in [4.69, 9.17) is 4.74 Å². The summed E-state index contributed by atoms with van der Waals surface area (Å²) in [6.45, 7) is 1.31. The van der Waals surface area contributed by atoms with Gasteiger partial charge in [0.1, 0.15) is 5.78 Å². The lowest BCUT2D eigenvalue weighted by molar-refractivity contribution is -0.118. The molecule has 9 heavy (non-hydrogen) atoms. The number of rotatable bonds is 0. The highest BCUT2D eigenvalue weighted by atomic mass is 79.9. The molecule has 0 radical (unpaired) electrons. The number of ketones is 1. The number of halogens is 1. The summed E-state index contributed by atoms with van der Waals surface area (Å²) in [6.07, 6.45) is 1.38. The average Bonchev–Trinajstić information content (AvgIpc) is 1.99. The molecule has 2 nitrogen and oxygen atoms in total. The van der Waals surface area contributed by atoms with Crippen LogP contribution in [0.5, 0.6) is 0 Å². The molecular weight excluding hydrogens is 184 g/mol. The second kappa shape index (κ2) is 3.32. The predicted molar refractivity (Wildman–Crippen MR) is 37.8 cm³/mol. The molecule has 3 heteroatoms. The van der Waals surface area contributed by atoms with Crippen LogP contribution in [0.1, 0.15) is 12.8 Å². The van der Waals surface area contributed by atoms with Gasteiger partial charge in [-0.15, -0.1) is 0 Å². The van der Waals surface area contributed by atoms with Crippen molar-refractivity contribution in [1.82, 2.24) is 0 Å². The highest BCUT2D eigenvalue weighted by Gasteiger charge is 2.16. The fraction of sp³-hybridized carbons (Fsp3) is 0.833. The van der Waals surface area contributed by atoms with E-state index < -0.39 is 0 Å². The third-order valence-corrected chi connectivity index (χ3v) is 2.33. The minimum absolute atomic E-state index is 0.0417. The number of carbonyl (C=O) groups is 1. The molecule has 0 amide bonds. The Morgan fingerprint density at radius 3 is 3.11 bits per heavy atom. The van der Waals surface area contributed by atoms with E-state index in [1.165, 1.54) is 0 Å². The van der Waals surface area contributed by atoms with Gasteiger partial charge in [0, 0.05) is 13.0 Å². The minimum atomic E-state index is 0.0417. The molecule has 0 aromatic rings. The van der Waals surface area contributed by atoms with Crippen LogP contribution in [0.15, 0.2) is 0 Å². The molecule has 1 aliphatic rings. The molecule has 0 spiro atoms. The third kappa shape index (κ3) is 2.06. The predicted octanol–water partition coefficient (Wildman–Crippen LogP) is 1.13. The summed E-state index contributed by atoms with van der Waals surface area (Å²) in [5.74, 6) is 0.271. The van der Waals surface area contributed by atoms with E-state index in [0.717, 1.165) is 6.42 Å². The maximum atomic E-state index is 10.9. The Kier molecular flexibility index (Phi) is 2.66. The topological polar surface area (TPSA) is 26.3 Å². The van der Waals surface area contributed by atoms with Crippen molar-refractivity contribution < 1.29 is 9.53 Å². The van der Waals surface area contributed by atoms with E-state index in [9.17, 15) is 4.79 Å². The number of hydrogen-bond donors (Lipinski definition) is 0. The number of ether oxygens (including phenoxy) is 1. The maximum absolute atomic E-state index is 10.9. The summed E-state index contributed by atoms with van der Waals surface area (Å²) < 4.78 is 5.08. The normalized spacial score (nSPS) is 29.9. The average molecular weight is 193 g/mol. The van der Waals surface area contributed by atoms with Gasteiger partial charge >= 0.3 is 0 Å². The van der Waals surface area contributed by atoms with Gasteiger partial charge in [0.05, 0.1) is 11.4 Å². The molecule has 1 aliphatic heterocycles. The molecule has 1 fully saturated rings. The molecule has 0 aromatic carbocycles. The summed E-state index contributed by atoms with van der Waals surface area (Å²) in [6, 6.07) is 0. The van der Waals surface area contributed by atoms with Crippen molar-refractivity contribution >= 4 is 21.7 Å². The second-order valence-electron chi connectivity index (χ2n) is 2.08. The molecule has 0 aliphatic carbocycles. The van der Waals surface area contributed by atoms with Gasteiger partial charge in [-0.25, -0.2) is 0 Å². The van der Waals surface area contributed by atoms with Gasteiger partial charge in [0.25, 0.3) is 0 Å². The van der Waals surface area contributed by atoms with Crippen LogP contribution in [0, 0.1) is 0 Å². The van der Waals surface area contributed by atoms with Gasteiger partial charge in [0.2, 0.25) is 0 Å². The first-order valence-corrected chi connectivity index (χ1v) is 3.97. The van der Waals surface area contributed by atoms with Crippen LogP contribution in [0.2, 0.25) is 0 Å². The Morgan fingerprint density at radius 2 is 2.33 bits per heavy atom. The quantitative estimate of drug-likeness (QED) is 0.539. The van der Waals surface area contributed by atoms with Crippen LogP contribution >= 0.6 is 15.9 Å².